The van der Waals surface area contributed by atoms with Gasteiger partial charge in [0.05, 0.1) is 5.41 Å². The van der Waals surface area contributed by atoms with Crippen LogP contribution in [0.4, 0.5) is 5.82 Å². The molecular weight excluding hydrogens is 272 g/mol. The summed E-state index contributed by atoms with van der Waals surface area (Å²) < 4.78 is 0.607. The minimum absolute atomic E-state index is 0.192. The lowest BCUT2D eigenvalue weighted by Crippen LogP contribution is -2.33. The van der Waals surface area contributed by atoms with E-state index in [0.717, 1.165) is 4.90 Å². The molecule has 1 saturated heterocycles. The van der Waals surface area contributed by atoms with Gasteiger partial charge in [0.1, 0.15) is 10.4 Å². The molecule has 0 aliphatic carbocycles. The van der Waals surface area contributed by atoms with Gasteiger partial charge in [0, 0.05) is 6.42 Å². The van der Waals surface area contributed by atoms with E-state index in [-0.39, 0.29) is 18.2 Å². The third-order valence-corrected chi connectivity index (χ3v) is 3.00. The van der Waals surface area contributed by atoms with E-state index in [2.05, 4.69) is 20.9 Å². The highest BCUT2D eigenvalue weighted by Crippen LogP contribution is 2.34. The number of imide groups is 1. The van der Waals surface area contributed by atoms with Crippen molar-refractivity contribution in [1.29, 1.82) is 0 Å². The topological polar surface area (TPSA) is 50.3 Å². The zero-order chi connectivity index (χ0) is 11.9. The van der Waals surface area contributed by atoms with E-state index < -0.39 is 5.41 Å². The first-order valence-corrected chi connectivity index (χ1v) is 5.71. The molecule has 5 heteroatoms. The molecular formula is C11H11BrN2O2. The summed E-state index contributed by atoms with van der Waals surface area (Å²) in [7, 11) is 0. The van der Waals surface area contributed by atoms with Gasteiger partial charge in [-0.15, -0.1) is 0 Å². The fourth-order valence-electron chi connectivity index (χ4n) is 1.70. The molecule has 1 fully saturated rings. The van der Waals surface area contributed by atoms with Gasteiger partial charge in [0.15, 0.2) is 0 Å². The molecule has 2 heterocycles. The van der Waals surface area contributed by atoms with Gasteiger partial charge in [-0.1, -0.05) is 19.9 Å². The van der Waals surface area contributed by atoms with Crippen LogP contribution in [0.25, 0.3) is 0 Å². The van der Waals surface area contributed by atoms with Crippen LogP contribution in [-0.4, -0.2) is 16.8 Å². The van der Waals surface area contributed by atoms with Gasteiger partial charge in [0.2, 0.25) is 11.8 Å². The number of hydrogen-bond acceptors (Lipinski definition) is 3. The smallest absolute Gasteiger partial charge is 0.241 e. The second-order valence-corrected chi connectivity index (χ2v) is 5.23. The Hall–Kier alpha value is -1.23. The maximum absolute atomic E-state index is 12.0. The van der Waals surface area contributed by atoms with E-state index in [0.29, 0.717) is 10.4 Å². The average Bonchev–Trinajstić information content (AvgIpc) is 2.36. The normalized spacial score (nSPS) is 19.3. The van der Waals surface area contributed by atoms with Crippen LogP contribution >= 0.6 is 15.9 Å². The van der Waals surface area contributed by atoms with Gasteiger partial charge in [-0.3, -0.25) is 9.59 Å². The summed E-state index contributed by atoms with van der Waals surface area (Å²) in [4.78, 5) is 29.0. The minimum Gasteiger partial charge on any atom is -0.274 e. The van der Waals surface area contributed by atoms with Gasteiger partial charge in [-0.2, -0.15) is 0 Å². The summed E-state index contributed by atoms with van der Waals surface area (Å²) in [6.45, 7) is 3.54. The first-order valence-electron chi connectivity index (χ1n) is 4.92. The lowest BCUT2D eigenvalue weighted by molar-refractivity contribution is -0.124. The number of hydrogen-bond donors (Lipinski definition) is 0. The lowest BCUT2D eigenvalue weighted by Gasteiger charge is -2.16. The van der Waals surface area contributed by atoms with Crippen LogP contribution in [-0.2, 0) is 9.59 Å². The van der Waals surface area contributed by atoms with Crippen LogP contribution in [0.2, 0.25) is 0 Å². The van der Waals surface area contributed by atoms with Crippen LogP contribution < -0.4 is 4.90 Å². The average molecular weight is 283 g/mol. The van der Waals surface area contributed by atoms with Crippen molar-refractivity contribution in [2.75, 3.05) is 4.90 Å². The number of amides is 2. The van der Waals surface area contributed by atoms with E-state index in [1.165, 1.54) is 0 Å². The minimum atomic E-state index is -0.624. The molecule has 0 saturated carbocycles. The predicted octanol–water partition coefficient (Wildman–Crippen LogP) is 2.13. The van der Waals surface area contributed by atoms with E-state index in [4.69, 9.17) is 0 Å². The fourth-order valence-corrected chi connectivity index (χ4v) is 2.04. The summed E-state index contributed by atoms with van der Waals surface area (Å²) in [5.41, 5.74) is -0.624. The van der Waals surface area contributed by atoms with E-state index in [1.54, 1.807) is 32.0 Å². The lowest BCUT2D eigenvalue weighted by atomic mass is 9.92. The zero-order valence-corrected chi connectivity index (χ0v) is 10.6. The predicted molar refractivity (Wildman–Crippen MR) is 62.8 cm³/mol. The number of pyridine rings is 1. The Balaban J connectivity index is 2.43. The van der Waals surface area contributed by atoms with Gasteiger partial charge < -0.3 is 0 Å². The molecule has 0 radical (unpaired) electrons. The number of carbonyl (C=O) groups excluding carboxylic acids is 2. The molecule has 4 nitrogen and oxygen atoms in total. The molecule has 0 N–H and O–H groups in total. The third kappa shape index (κ3) is 1.75. The Labute approximate surface area is 102 Å². The molecule has 84 valence electrons. The molecule has 0 aromatic carbocycles. The van der Waals surface area contributed by atoms with Crippen LogP contribution in [0.3, 0.4) is 0 Å². The number of rotatable bonds is 1. The van der Waals surface area contributed by atoms with Gasteiger partial charge in [-0.05, 0) is 28.1 Å². The van der Waals surface area contributed by atoms with E-state index >= 15 is 0 Å². The maximum Gasteiger partial charge on any atom is 0.241 e. The van der Waals surface area contributed by atoms with Crippen molar-refractivity contribution in [3.05, 3.63) is 22.8 Å². The second kappa shape index (κ2) is 3.66. The Morgan fingerprint density at radius 2 is 2.06 bits per heavy atom. The highest BCUT2D eigenvalue weighted by Gasteiger charge is 2.46. The van der Waals surface area contributed by atoms with Crippen LogP contribution in [0.1, 0.15) is 20.3 Å². The summed E-state index contributed by atoms with van der Waals surface area (Å²) in [5, 5.41) is 0. The second-order valence-electron chi connectivity index (χ2n) is 4.41. The van der Waals surface area contributed by atoms with Crippen molar-refractivity contribution in [3.8, 4) is 0 Å². The number of nitrogens with zero attached hydrogens (tertiary/aromatic N) is 2. The molecule has 0 spiro atoms. The Morgan fingerprint density at radius 1 is 1.38 bits per heavy atom. The fraction of sp³-hybridized carbons (Fsp3) is 0.364. The molecule has 2 amide bonds. The van der Waals surface area contributed by atoms with Gasteiger partial charge >= 0.3 is 0 Å². The monoisotopic (exact) mass is 282 g/mol. The van der Waals surface area contributed by atoms with Crippen molar-refractivity contribution < 1.29 is 9.59 Å². The first-order chi connectivity index (χ1) is 7.42. The Bertz CT molecular complexity index is 471. The molecule has 1 aliphatic rings. The summed E-state index contributed by atoms with van der Waals surface area (Å²) >= 11 is 3.22. The highest BCUT2D eigenvalue weighted by atomic mass is 79.9. The van der Waals surface area contributed by atoms with Gasteiger partial charge in [-0.25, -0.2) is 9.88 Å². The number of anilines is 1. The SMILES string of the molecule is CC1(C)CC(=O)N(c2cccc(Br)n2)C1=O. The molecule has 1 aromatic rings. The quantitative estimate of drug-likeness (QED) is 0.586. The van der Waals surface area contributed by atoms with Crippen molar-refractivity contribution in [2.45, 2.75) is 20.3 Å². The van der Waals surface area contributed by atoms with E-state index in [1.807, 2.05) is 0 Å². The van der Waals surface area contributed by atoms with Crippen LogP contribution in [0.15, 0.2) is 22.8 Å². The molecule has 0 unspecified atom stereocenters. The van der Waals surface area contributed by atoms with Crippen molar-refractivity contribution in [2.24, 2.45) is 5.41 Å². The number of carbonyl (C=O) groups is 2. The van der Waals surface area contributed by atoms with Crippen molar-refractivity contribution in [1.82, 2.24) is 4.98 Å². The third-order valence-electron chi connectivity index (χ3n) is 2.55. The Morgan fingerprint density at radius 3 is 2.56 bits per heavy atom. The van der Waals surface area contributed by atoms with Gasteiger partial charge in [0.25, 0.3) is 0 Å². The molecule has 2 rings (SSSR count). The number of halogens is 1. The van der Waals surface area contributed by atoms with Crippen LogP contribution in [0.5, 0.6) is 0 Å². The van der Waals surface area contributed by atoms with Crippen molar-refractivity contribution >= 4 is 33.6 Å². The largest absolute Gasteiger partial charge is 0.274 e. The molecule has 1 aliphatic heterocycles. The standard InChI is InChI=1S/C11H11BrN2O2/c1-11(2)6-9(15)14(10(11)16)8-5-3-4-7(12)13-8/h3-5H,6H2,1-2H3. The maximum atomic E-state index is 12.0. The summed E-state index contributed by atoms with van der Waals surface area (Å²) in [6, 6.07) is 5.15. The molecule has 16 heavy (non-hydrogen) atoms. The Kier molecular flexibility index (Phi) is 2.58. The van der Waals surface area contributed by atoms with E-state index in [9.17, 15) is 9.59 Å². The molecule has 0 bridgehead atoms. The number of aromatic nitrogens is 1. The van der Waals surface area contributed by atoms with Crippen LogP contribution in [0, 0.1) is 5.41 Å². The first kappa shape index (κ1) is 11.3. The van der Waals surface area contributed by atoms with Crippen molar-refractivity contribution in [3.63, 3.8) is 0 Å². The summed E-state index contributed by atoms with van der Waals surface area (Å²) in [5.74, 6) is -0.00125. The summed E-state index contributed by atoms with van der Waals surface area (Å²) in [6.07, 6.45) is 0.236. The zero-order valence-electron chi connectivity index (χ0n) is 9.03. The molecule has 1 aromatic heterocycles. The highest BCUT2D eigenvalue weighted by molar-refractivity contribution is 9.10. The molecule has 0 atom stereocenters.